The van der Waals surface area contributed by atoms with Crippen LogP contribution in [0.2, 0.25) is 0 Å². The highest BCUT2D eigenvalue weighted by molar-refractivity contribution is 6.28. The summed E-state index contributed by atoms with van der Waals surface area (Å²) in [5, 5.41) is 1.90. The lowest BCUT2D eigenvalue weighted by Crippen LogP contribution is -2.30. The second kappa shape index (κ2) is 7.02. The van der Waals surface area contributed by atoms with Crippen molar-refractivity contribution in [3.05, 3.63) is 114 Å². The smallest absolute Gasteiger partial charge is 0.242 e. The summed E-state index contributed by atoms with van der Waals surface area (Å²) in [6.45, 7) is 0. The summed E-state index contributed by atoms with van der Waals surface area (Å²) in [5.41, 5.74) is 2.38. The first-order valence-electron chi connectivity index (χ1n) is 9.71. The molecular formula is C26H19NO2. The van der Waals surface area contributed by atoms with E-state index in [1.165, 1.54) is 4.90 Å². The highest BCUT2D eigenvalue weighted by Crippen LogP contribution is 2.44. The normalized spacial score (nSPS) is 19.1. The number of rotatable bonds is 3. The van der Waals surface area contributed by atoms with E-state index in [4.69, 9.17) is 0 Å². The molecule has 0 aromatic heterocycles. The van der Waals surface area contributed by atoms with Crippen molar-refractivity contribution in [1.82, 2.24) is 0 Å². The monoisotopic (exact) mass is 377 g/mol. The van der Waals surface area contributed by atoms with Gasteiger partial charge in [0.1, 0.15) is 0 Å². The standard InChI is InChI=1S/C26H19NO2/c28-25-23(19-11-3-1-4-12-19)24(20-13-5-2-6-14-20)26(29)27(25)22-17-9-15-18-10-7-8-16-21(18)22/h1-17,23-24H. The van der Waals surface area contributed by atoms with Gasteiger partial charge in [-0.1, -0.05) is 97.1 Å². The van der Waals surface area contributed by atoms with E-state index >= 15 is 0 Å². The van der Waals surface area contributed by atoms with Crippen LogP contribution in [-0.4, -0.2) is 11.8 Å². The number of amides is 2. The minimum atomic E-state index is -0.537. The Kier molecular flexibility index (Phi) is 4.21. The van der Waals surface area contributed by atoms with Crippen molar-refractivity contribution in [2.75, 3.05) is 4.90 Å². The zero-order valence-electron chi connectivity index (χ0n) is 15.7. The van der Waals surface area contributed by atoms with Crippen LogP contribution in [0, 0.1) is 0 Å². The maximum atomic E-state index is 13.6. The molecule has 0 radical (unpaired) electrons. The average molecular weight is 377 g/mol. The van der Waals surface area contributed by atoms with Crippen LogP contribution in [0.4, 0.5) is 5.69 Å². The van der Waals surface area contributed by atoms with E-state index in [1.54, 1.807) is 0 Å². The van der Waals surface area contributed by atoms with Crippen LogP contribution in [0.1, 0.15) is 23.0 Å². The predicted molar refractivity (Wildman–Crippen MR) is 115 cm³/mol. The van der Waals surface area contributed by atoms with Gasteiger partial charge in [-0.15, -0.1) is 0 Å². The van der Waals surface area contributed by atoms with Gasteiger partial charge in [-0.2, -0.15) is 0 Å². The third-order valence-corrected chi connectivity index (χ3v) is 5.63. The maximum Gasteiger partial charge on any atom is 0.242 e. The Balaban J connectivity index is 1.70. The zero-order chi connectivity index (χ0) is 19.8. The minimum absolute atomic E-state index is 0.175. The SMILES string of the molecule is O=C1C(c2ccccc2)C(c2ccccc2)C(=O)N1c1cccc2ccccc12. The molecule has 1 fully saturated rings. The van der Waals surface area contributed by atoms with Crippen LogP contribution >= 0.6 is 0 Å². The molecule has 2 atom stereocenters. The summed E-state index contributed by atoms with van der Waals surface area (Å²) in [4.78, 5) is 28.7. The molecule has 4 aromatic rings. The van der Waals surface area contributed by atoms with Crippen LogP contribution in [-0.2, 0) is 9.59 Å². The van der Waals surface area contributed by atoms with Gasteiger partial charge in [-0.05, 0) is 22.6 Å². The maximum absolute atomic E-state index is 13.6. The second-order valence-electron chi connectivity index (χ2n) is 7.29. The molecule has 2 unspecified atom stereocenters. The molecule has 3 heteroatoms. The fraction of sp³-hybridized carbons (Fsp3) is 0.0769. The number of carbonyl (C=O) groups is 2. The van der Waals surface area contributed by atoms with Crippen LogP contribution in [0.25, 0.3) is 10.8 Å². The van der Waals surface area contributed by atoms with Gasteiger partial charge >= 0.3 is 0 Å². The summed E-state index contributed by atoms with van der Waals surface area (Å²) >= 11 is 0. The molecule has 3 nitrogen and oxygen atoms in total. The summed E-state index contributed by atoms with van der Waals surface area (Å²) in [7, 11) is 0. The van der Waals surface area contributed by atoms with E-state index in [0.717, 1.165) is 21.9 Å². The molecule has 0 aliphatic carbocycles. The van der Waals surface area contributed by atoms with E-state index in [-0.39, 0.29) is 11.8 Å². The second-order valence-corrected chi connectivity index (χ2v) is 7.29. The number of fused-ring (bicyclic) bond motifs is 1. The zero-order valence-corrected chi connectivity index (χ0v) is 15.7. The first kappa shape index (κ1) is 17.4. The summed E-state index contributed by atoms with van der Waals surface area (Å²) < 4.78 is 0. The number of hydrogen-bond acceptors (Lipinski definition) is 2. The van der Waals surface area contributed by atoms with Crippen molar-refractivity contribution in [1.29, 1.82) is 0 Å². The van der Waals surface area contributed by atoms with Crippen LogP contribution in [0.3, 0.4) is 0 Å². The van der Waals surface area contributed by atoms with Crippen LogP contribution in [0.5, 0.6) is 0 Å². The number of carbonyl (C=O) groups excluding carboxylic acids is 2. The molecule has 1 aliphatic heterocycles. The minimum Gasteiger partial charge on any atom is -0.273 e. The van der Waals surface area contributed by atoms with Crippen LogP contribution in [0.15, 0.2) is 103 Å². The van der Waals surface area contributed by atoms with E-state index in [2.05, 4.69) is 0 Å². The van der Waals surface area contributed by atoms with Gasteiger partial charge in [0.15, 0.2) is 0 Å². The highest BCUT2D eigenvalue weighted by atomic mass is 16.2. The Morgan fingerprint density at radius 2 is 1.00 bits per heavy atom. The molecule has 1 heterocycles. The molecule has 0 spiro atoms. The van der Waals surface area contributed by atoms with E-state index in [1.807, 2.05) is 103 Å². The molecule has 0 saturated carbocycles. The largest absolute Gasteiger partial charge is 0.273 e. The lowest BCUT2D eigenvalue weighted by Gasteiger charge is -2.17. The van der Waals surface area contributed by atoms with Crippen molar-refractivity contribution in [2.45, 2.75) is 11.8 Å². The fourth-order valence-electron chi connectivity index (χ4n) is 4.30. The molecule has 29 heavy (non-hydrogen) atoms. The molecular weight excluding hydrogens is 358 g/mol. The Bertz CT molecular complexity index is 1140. The molecule has 2 amide bonds. The topological polar surface area (TPSA) is 37.4 Å². The van der Waals surface area contributed by atoms with Gasteiger partial charge in [-0.3, -0.25) is 9.59 Å². The van der Waals surface area contributed by atoms with Crippen molar-refractivity contribution in [3.8, 4) is 0 Å². The number of benzene rings is 4. The first-order chi connectivity index (χ1) is 14.3. The molecule has 0 bridgehead atoms. The average Bonchev–Trinajstić information content (AvgIpc) is 3.04. The van der Waals surface area contributed by atoms with Crippen molar-refractivity contribution >= 4 is 28.3 Å². The van der Waals surface area contributed by atoms with Gasteiger partial charge in [0.25, 0.3) is 0 Å². The van der Waals surface area contributed by atoms with E-state index in [9.17, 15) is 9.59 Å². The summed E-state index contributed by atoms with van der Waals surface area (Å²) in [5.74, 6) is -1.42. The lowest BCUT2D eigenvalue weighted by atomic mass is 9.83. The highest BCUT2D eigenvalue weighted by Gasteiger charge is 2.49. The van der Waals surface area contributed by atoms with Gasteiger partial charge in [0, 0.05) is 5.39 Å². The molecule has 4 aromatic carbocycles. The predicted octanol–water partition coefficient (Wildman–Crippen LogP) is 5.28. The Morgan fingerprint density at radius 3 is 1.59 bits per heavy atom. The Morgan fingerprint density at radius 1 is 0.517 bits per heavy atom. The van der Waals surface area contributed by atoms with Gasteiger partial charge < -0.3 is 0 Å². The molecule has 140 valence electrons. The quantitative estimate of drug-likeness (QED) is 0.456. The fourth-order valence-corrected chi connectivity index (χ4v) is 4.30. The van der Waals surface area contributed by atoms with Crippen molar-refractivity contribution in [3.63, 3.8) is 0 Å². The van der Waals surface area contributed by atoms with E-state index in [0.29, 0.717) is 5.69 Å². The van der Waals surface area contributed by atoms with Gasteiger partial charge in [-0.25, -0.2) is 4.90 Å². The van der Waals surface area contributed by atoms with Gasteiger partial charge in [0.05, 0.1) is 17.5 Å². The molecule has 5 rings (SSSR count). The molecule has 0 N–H and O–H groups in total. The summed E-state index contributed by atoms with van der Waals surface area (Å²) in [6, 6.07) is 32.8. The lowest BCUT2D eigenvalue weighted by molar-refractivity contribution is -0.121. The number of anilines is 1. The first-order valence-corrected chi connectivity index (χ1v) is 9.71. The van der Waals surface area contributed by atoms with Crippen molar-refractivity contribution < 1.29 is 9.59 Å². The molecule has 1 aliphatic rings. The number of hydrogen-bond donors (Lipinski definition) is 0. The van der Waals surface area contributed by atoms with Crippen LogP contribution < -0.4 is 4.90 Å². The summed E-state index contributed by atoms with van der Waals surface area (Å²) in [6.07, 6.45) is 0. The van der Waals surface area contributed by atoms with E-state index < -0.39 is 11.8 Å². The van der Waals surface area contributed by atoms with Crippen molar-refractivity contribution in [2.24, 2.45) is 0 Å². The third-order valence-electron chi connectivity index (χ3n) is 5.63. The molecule has 1 saturated heterocycles. The Labute approximate surface area is 169 Å². The number of nitrogens with zero attached hydrogens (tertiary/aromatic N) is 1. The number of imide groups is 1. The third kappa shape index (κ3) is 2.83. The van der Waals surface area contributed by atoms with Gasteiger partial charge in [0.2, 0.25) is 11.8 Å². The Hall–Kier alpha value is -3.72.